The highest BCUT2D eigenvalue weighted by molar-refractivity contribution is 4.93. The SMILES string of the molecule is CCC1(CC)CN(CC(F)(F)F)C1. The quantitative estimate of drug-likeness (QED) is 0.669. The third-order valence-corrected chi connectivity index (χ3v) is 3.02. The molecule has 0 atom stereocenters. The molecule has 0 spiro atoms. The van der Waals surface area contributed by atoms with E-state index in [1.54, 1.807) is 0 Å². The smallest absolute Gasteiger partial charge is 0.294 e. The number of hydrogen-bond acceptors (Lipinski definition) is 1. The van der Waals surface area contributed by atoms with Crippen LogP contribution in [0.5, 0.6) is 0 Å². The Morgan fingerprint density at radius 2 is 1.62 bits per heavy atom. The average molecular weight is 195 g/mol. The van der Waals surface area contributed by atoms with Crippen LogP contribution in [0, 0.1) is 5.41 Å². The van der Waals surface area contributed by atoms with Gasteiger partial charge >= 0.3 is 6.18 Å². The van der Waals surface area contributed by atoms with Crippen LogP contribution in [0.25, 0.3) is 0 Å². The van der Waals surface area contributed by atoms with Gasteiger partial charge in [0.1, 0.15) is 0 Å². The van der Waals surface area contributed by atoms with Gasteiger partial charge in [0.05, 0.1) is 6.54 Å². The topological polar surface area (TPSA) is 3.24 Å². The van der Waals surface area contributed by atoms with E-state index in [0.717, 1.165) is 12.8 Å². The first-order valence-corrected chi connectivity index (χ1v) is 4.70. The Hall–Kier alpha value is -0.250. The molecule has 1 aliphatic rings. The highest BCUT2D eigenvalue weighted by Gasteiger charge is 2.44. The van der Waals surface area contributed by atoms with Crippen molar-refractivity contribution >= 4 is 0 Å². The molecule has 1 heterocycles. The molecule has 0 N–H and O–H groups in total. The summed E-state index contributed by atoms with van der Waals surface area (Å²) in [6, 6.07) is 0. The van der Waals surface area contributed by atoms with Gasteiger partial charge in [-0.15, -0.1) is 0 Å². The minimum absolute atomic E-state index is 0.172. The van der Waals surface area contributed by atoms with Crippen LogP contribution in [0.4, 0.5) is 13.2 Å². The lowest BCUT2D eigenvalue weighted by atomic mass is 9.75. The van der Waals surface area contributed by atoms with Crippen molar-refractivity contribution in [2.45, 2.75) is 32.9 Å². The first-order chi connectivity index (χ1) is 5.91. The summed E-state index contributed by atoms with van der Waals surface area (Å²) < 4.78 is 35.8. The van der Waals surface area contributed by atoms with Gasteiger partial charge in [-0.05, 0) is 18.3 Å². The summed E-state index contributed by atoms with van der Waals surface area (Å²) >= 11 is 0. The number of nitrogens with zero attached hydrogens (tertiary/aromatic N) is 1. The van der Waals surface area contributed by atoms with Gasteiger partial charge in [0.25, 0.3) is 0 Å². The van der Waals surface area contributed by atoms with E-state index in [-0.39, 0.29) is 5.41 Å². The van der Waals surface area contributed by atoms with Crippen LogP contribution in [0.2, 0.25) is 0 Å². The molecule has 1 nitrogen and oxygen atoms in total. The van der Waals surface area contributed by atoms with Crippen LogP contribution in [-0.2, 0) is 0 Å². The largest absolute Gasteiger partial charge is 0.401 e. The van der Waals surface area contributed by atoms with Crippen molar-refractivity contribution in [3.63, 3.8) is 0 Å². The standard InChI is InChI=1S/C9H16F3N/c1-3-8(4-2)5-13(6-8)7-9(10,11)12/h3-7H2,1-2H3. The van der Waals surface area contributed by atoms with Gasteiger partial charge in [-0.1, -0.05) is 13.8 Å². The van der Waals surface area contributed by atoms with Crippen molar-refractivity contribution in [1.82, 2.24) is 4.90 Å². The Bertz CT molecular complexity index is 164. The van der Waals surface area contributed by atoms with E-state index < -0.39 is 12.7 Å². The number of rotatable bonds is 3. The zero-order chi connectivity index (χ0) is 10.1. The third-order valence-electron chi connectivity index (χ3n) is 3.02. The summed E-state index contributed by atoms with van der Waals surface area (Å²) in [6.07, 6.45) is -2.07. The van der Waals surface area contributed by atoms with Gasteiger partial charge in [-0.25, -0.2) is 0 Å². The number of alkyl halides is 3. The van der Waals surface area contributed by atoms with E-state index >= 15 is 0 Å². The number of likely N-dealkylation sites (tertiary alicyclic amines) is 1. The molecule has 1 fully saturated rings. The van der Waals surface area contributed by atoms with Gasteiger partial charge in [0.15, 0.2) is 0 Å². The molecular formula is C9H16F3N. The molecule has 13 heavy (non-hydrogen) atoms. The Kier molecular flexibility index (Phi) is 2.90. The average Bonchev–Trinajstić information content (AvgIpc) is 1.94. The van der Waals surface area contributed by atoms with Crippen molar-refractivity contribution in [3.05, 3.63) is 0 Å². The van der Waals surface area contributed by atoms with Crippen molar-refractivity contribution in [2.24, 2.45) is 5.41 Å². The summed E-state index contributed by atoms with van der Waals surface area (Å²) in [5.74, 6) is 0. The predicted molar refractivity (Wildman–Crippen MR) is 45.5 cm³/mol. The van der Waals surface area contributed by atoms with Crippen LogP contribution >= 0.6 is 0 Å². The summed E-state index contributed by atoms with van der Waals surface area (Å²) in [5.41, 5.74) is 0.172. The lowest BCUT2D eigenvalue weighted by molar-refractivity contribution is -0.170. The minimum Gasteiger partial charge on any atom is -0.294 e. The highest BCUT2D eigenvalue weighted by atomic mass is 19.4. The van der Waals surface area contributed by atoms with E-state index in [9.17, 15) is 13.2 Å². The first kappa shape index (κ1) is 10.8. The van der Waals surface area contributed by atoms with E-state index in [1.165, 1.54) is 4.90 Å². The molecule has 0 aromatic carbocycles. The fourth-order valence-corrected chi connectivity index (χ4v) is 1.96. The van der Waals surface area contributed by atoms with Crippen molar-refractivity contribution in [3.8, 4) is 0 Å². The van der Waals surface area contributed by atoms with Crippen LogP contribution in [0.3, 0.4) is 0 Å². The second-order valence-electron chi connectivity index (χ2n) is 3.97. The Morgan fingerprint density at radius 1 is 1.15 bits per heavy atom. The van der Waals surface area contributed by atoms with Crippen LogP contribution < -0.4 is 0 Å². The van der Waals surface area contributed by atoms with Crippen molar-refractivity contribution in [1.29, 1.82) is 0 Å². The van der Waals surface area contributed by atoms with E-state index in [4.69, 9.17) is 0 Å². The van der Waals surface area contributed by atoms with Gasteiger partial charge in [0, 0.05) is 13.1 Å². The molecule has 0 unspecified atom stereocenters. The zero-order valence-corrected chi connectivity index (χ0v) is 8.12. The van der Waals surface area contributed by atoms with Crippen LogP contribution in [0.1, 0.15) is 26.7 Å². The van der Waals surface area contributed by atoms with Crippen molar-refractivity contribution < 1.29 is 13.2 Å². The van der Waals surface area contributed by atoms with E-state index in [2.05, 4.69) is 13.8 Å². The molecule has 78 valence electrons. The second kappa shape index (κ2) is 3.48. The Labute approximate surface area is 76.9 Å². The molecule has 1 rings (SSSR count). The maximum atomic E-state index is 11.9. The third kappa shape index (κ3) is 2.59. The molecule has 0 bridgehead atoms. The van der Waals surface area contributed by atoms with Crippen molar-refractivity contribution in [2.75, 3.05) is 19.6 Å². The Morgan fingerprint density at radius 3 is 1.92 bits per heavy atom. The second-order valence-corrected chi connectivity index (χ2v) is 3.97. The molecule has 1 aliphatic heterocycles. The first-order valence-electron chi connectivity index (χ1n) is 4.70. The normalized spacial score (nSPS) is 22.8. The fourth-order valence-electron chi connectivity index (χ4n) is 1.96. The minimum atomic E-state index is -4.03. The lowest BCUT2D eigenvalue weighted by Gasteiger charge is -2.50. The maximum Gasteiger partial charge on any atom is 0.401 e. The maximum absolute atomic E-state index is 11.9. The molecule has 0 amide bonds. The molecule has 0 aromatic rings. The molecule has 4 heteroatoms. The molecule has 0 radical (unpaired) electrons. The number of hydrogen-bond donors (Lipinski definition) is 0. The molecule has 0 aromatic heterocycles. The van der Waals surface area contributed by atoms with Gasteiger partial charge in [-0.2, -0.15) is 13.2 Å². The Balaban J connectivity index is 2.32. The highest BCUT2D eigenvalue weighted by Crippen LogP contribution is 2.38. The van der Waals surface area contributed by atoms with Gasteiger partial charge in [0.2, 0.25) is 0 Å². The zero-order valence-electron chi connectivity index (χ0n) is 8.12. The van der Waals surface area contributed by atoms with Gasteiger partial charge in [-0.3, -0.25) is 4.90 Å². The summed E-state index contributed by atoms with van der Waals surface area (Å²) in [7, 11) is 0. The lowest BCUT2D eigenvalue weighted by Crippen LogP contribution is -2.57. The monoisotopic (exact) mass is 195 g/mol. The van der Waals surface area contributed by atoms with Crippen LogP contribution in [-0.4, -0.2) is 30.7 Å². The summed E-state index contributed by atoms with van der Waals surface area (Å²) in [4.78, 5) is 1.48. The van der Waals surface area contributed by atoms with Crippen LogP contribution in [0.15, 0.2) is 0 Å². The predicted octanol–water partition coefficient (Wildman–Crippen LogP) is 2.67. The molecule has 0 aliphatic carbocycles. The molecule has 1 saturated heterocycles. The number of halogens is 3. The molecular weight excluding hydrogens is 179 g/mol. The summed E-state index contributed by atoms with van der Waals surface area (Å²) in [6.45, 7) is 4.58. The summed E-state index contributed by atoms with van der Waals surface area (Å²) in [5, 5.41) is 0. The molecule has 0 saturated carbocycles. The van der Waals surface area contributed by atoms with E-state index in [1.807, 2.05) is 0 Å². The van der Waals surface area contributed by atoms with E-state index in [0.29, 0.717) is 13.1 Å². The van der Waals surface area contributed by atoms with Gasteiger partial charge < -0.3 is 0 Å². The fraction of sp³-hybridized carbons (Fsp3) is 1.00.